The Hall–Kier alpha value is -1.01. The Morgan fingerprint density at radius 1 is 1.33 bits per heavy atom. The van der Waals surface area contributed by atoms with Crippen LogP contribution in [0.4, 0.5) is 5.13 Å². The smallest absolute Gasteiger partial charge is 0.205 e. The van der Waals surface area contributed by atoms with Crippen LogP contribution in [0, 0.1) is 0 Å². The number of aromatic nitrogens is 3. The maximum absolute atomic E-state index is 4.35. The first-order valence-corrected chi connectivity index (χ1v) is 6.43. The van der Waals surface area contributed by atoms with Crippen LogP contribution in [0.15, 0.2) is 6.20 Å². The second-order valence-electron chi connectivity index (χ2n) is 3.03. The molecule has 0 spiro atoms. The van der Waals surface area contributed by atoms with E-state index in [1.54, 1.807) is 22.7 Å². The largest absolute Gasteiger partial charge is 0.363 e. The van der Waals surface area contributed by atoms with Gasteiger partial charge in [-0.2, -0.15) is 0 Å². The highest BCUT2D eigenvalue weighted by Gasteiger charge is 2.09. The summed E-state index contributed by atoms with van der Waals surface area (Å²) < 4.78 is 0. The molecule has 2 rings (SSSR count). The standard InChI is InChI=1S/C9H12N4S2/c1-3-4-7-11-5-6(14-7)8-12-13-9(10-2)15-8/h5H,3-4H2,1-2H3,(H,10,13). The lowest BCUT2D eigenvalue weighted by Crippen LogP contribution is -1.84. The Labute approximate surface area is 96.4 Å². The van der Waals surface area contributed by atoms with Crippen LogP contribution >= 0.6 is 22.7 Å². The highest BCUT2D eigenvalue weighted by Crippen LogP contribution is 2.30. The molecule has 1 N–H and O–H groups in total. The number of hydrogen-bond acceptors (Lipinski definition) is 6. The molecular weight excluding hydrogens is 228 g/mol. The van der Waals surface area contributed by atoms with Crippen molar-refractivity contribution in [3.63, 3.8) is 0 Å². The first kappa shape index (κ1) is 10.5. The lowest BCUT2D eigenvalue weighted by molar-refractivity contribution is 0.909. The minimum absolute atomic E-state index is 0.843. The minimum Gasteiger partial charge on any atom is -0.363 e. The number of nitrogens with zero attached hydrogens (tertiary/aromatic N) is 3. The van der Waals surface area contributed by atoms with Gasteiger partial charge >= 0.3 is 0 Å². The van der Waals surface area contributed by atoms with Gasteiger partial charge in [0.1, 0.15) is 0 Å². The minimum atomic E-state index is 0.843. The Morgan fingerprint density at radius 2 is 2.20 bits per heavy atom. The monoisotopic (exact) mass is 240 g/mol. The van der Waals surface area contributed by atoms with Crippen LogP contribution in [0.1, 0.15) is 18.4 Å². The zero-order valence-corrected chi connectivity index (χ0v) is 10.3. The van der Waals surface area contributed by atoms with Crippen molar-refractivity contribution in [2.45, 2.75) is 19.8 Å². The molecule has 0 aliphatic rings. The third-order valence-corrected chi connectivity index (χ3v) is 4.03. The van der Waals surface area contributed by atoms with E-state index in [0.717, 1.165) is 27.9 Å². The number of thiazole rings is 1. The maximum Gasteiger partial charge on any atom is 0.205 e. The lowest BCUT2D eigenvalue weighted by Gasteiger charge is -1.87. The van der Waals surface area contributed by atoms with Crippen molar-refractivity contribution in [1.29, 1.82) is 0 Å². The maximum atomic E-state index is 4.35. The van der Waals surface area contributed by atoms with Crippen LogP contribution in [0.3, 0.4) is 0 Å². The van der Waals surface area contributed by atoms with Crippen LogP contribution in [-0.2, 0) is 6.42 Å². The molecule has 80 valence electrons. The molecule has 0 amide bonds. The van der Waals surface area contributed by atoms with E-state index in [1.165, 1.54) is 5.01 Å². The molecule has 2 heterocycles. The van der Waals surface area contributed by atoms with E-state index in [1.807, 2.05) is 13.2 Å². The summed E-state index contributed by atoms with van der Waals surface area (Å²) in [7, 11) is 1.85. The predicted molar refractivity (Wildman–Crippen MR) is 64.6 cm³/mol. The van der Waals surface area contributed by atoms with E-state index in [4.69, 9.17) is 0 Å². The average molecular weight is 240 g/mol. The fourth-order valence-electron chi connectivity index (χ4n) is 1.16. The van der Waals surface area contributed by atoms with Gasteiger partial charge in [0.05, 0.1) is 9.88 Å². The summed E-state index contributed by atoms with van der Waals surface area (Å²) in [6.07, 6.45) is 4.06. The van der Waals surface area contributed by atoms with E-state index in [0.29, 0.717) is 0 Å². The molecular formula is C9H12N4S2. The Bertz CT molecular complexity index is 435. The Balaban J connectivity index is 2.21. The van der Waals surface area contributed by atoms with Gasteiger partial charge in [-0.25, -0.2) is 4.98 Å². The predicted octanol–water partition coefficient (Wildman–Crippen LogP) is 2.66. The first-order valence-electron chi connectivity index (χ1n) is 4.79. The molecule has 0 radical (unpaired) electrons. The summed E-state index contributed by atoms with van der Waals surface area (Å²) in [5.74, 6) is 0. The SMILES string of the molecule is CCCc1ncc(-c2nnc(NC)s2)s1. The average Bonchev–Trinajstić information content (AvgIpc) is 2.85. The molecule has 0 fully saturated rings. The van der Waals surface area contributed by atoms with Gasteiger partial charge in [-0.15, -0.1) is 21.5 Å². The van der Waals surface area contributed by atoms with Gasteiger partial charge in [0.25, 0.3) is 0 Å². The first-order chi connectivity index (χ1) is 7.33. The zero-order valence-electron chi connectivity index (χ0n) is 8.65. The van der Waals surface area contributed by atoms with E-state index in [-0.39, 0.29) is 0 Å². The molecule has 0 saturated heterocycles. The summed E-state index contributed by atoms with van der Waals surface area (Å²) in [5.41, 5.74) is 0. The van der Waals surface area contributed by atoms with Crippen LogP contribution in [0.2, 0.25) is 0 Å². The summed E-state index contributed by atoms with van der Waals surface area (Å²) in [6.45, 7) is 2.16. The second-order valence-corrected chi connectivity index (χ2v) is 5.12. The molecule has 15 heavy (non-hydrogen) atoms. The third-order valence-electron chi connectivity index (χ3n) is 1.87. The van der Waals surface area contributed by atoms with E-state index < -0.39 is 0 Å². The van der Waals surface area contributed by atoms with Crippen molar-refractivity contribution >= 4 is 27.8 Å². The molecule has 6 heteroatoms. The van der Waals surface area contributed by atoms with Crippen molar-refractivity contribution in [2.75, 3.05) is 12.4 Å². The third kappa shape index (κ3) is 2.32. The van der Waals surface area contributed by atoms with Crippen LogP contribution in [-0.4, -0.2) is 22.2 Å². The Morgan fingerprint density at radius 3 is 2.87 bits per heavy atom. The highest BCUT2D eigenvalue weighted by atomic mass is 32.1. The van der Waals surface area contributed by atoms with Gasteiger partial charge < -0.3 is 5.32 Å². The van der Waals surface area contributed by atoms with E-state index in [2.05, 4.69) is 27.4 Å². The fourth-order valence-corrected chi connectivity index (χ4v) is 2.91. The normalized spacial score (nSPS) is 10.5. The molecule has 0 bridgehead atoms. The fraction of sp³-hybridized carbons (Fsp3) is 0.444. The summed E-state index contributed by atoms with van der Waals surface area (Å²) in [4.78, 5) is 5.46. The topological polar surface area (TPSA) is 50.7 Å². The summed E-state index contributed by atoms with van der Waals surface area (Å²) >= 11 is 3.26. The summed E-state index contributed by atoms with van der Waals surface area (Å²) in [5, 5.41) is 14.0. The molecule has 0 aliphatic heterocycles. The van der Waals surface area contributed by atoms with Crippen molar-refractivity contribution in [3.05, 3.63) is 11.2 Å². The molecule has 2 aromatic rings. The van der Waals surface area contributed by atoms with Gasteiger partial charge in [-0.3, -0.25) is 0 Å². The lowest BCUT2D eigenvalue weighted by atomic mass is 10.4. The van der Waals surface area contributed by atoms with Gasteiger partial charge in [-0.05, 0) is 12.8 Å². The molecule has 2 aromatic heterocycles. The Kier molecular flexibility index (Phi) is 3.27. The summed E-state index contributed by atoms with van der Waals surface area (Å²) in [6, 6.07) is 0. The molecule has 4 nitrogen and oxygen atoms in total. The van der Waals surface area contributed by atoms with E-state index >= 15 is 0 Å². The quantitative estimate of drug-likeness (QED) is 0.892. The van der Waals surface area contributed by atoms with Crippen molar-refractivity contribution in [2.24, 2.45) is 0 Å². The molecule has 0 aliphatic carbocycles. The second kappa shape index (κ2) is 4.67. The molecule has 0 aromatic carbocycles. The number of aryl methyl sites for hydroxylation is 1. The number of nitrogens with one attached hydrogen (secondary N) is 1. The van der Waals surface area contributed by atoms with Crippen LogP contribution in [0.5, 0.6) is 0 Å². The van der Waals surface area contributed by atoms with Crippen LogP contribution < -0.4 is 5.32 Å². The van der Waals surface area contributed by atoms with Crippen LogP contribution in [0.25, 0.3) is 9.88 Å². The number of rotatable bonds is 4. The van der Waals surface area contributed by atoms with Crippen molar-refractivity contribution in [3.8, 4) is 9.88 Å². The van der Waals surface area contributed by atoms with Gasteiger partial charge in [0.15, 0.2) is 5.01 Å². The van der Waals surface area contributed by atoms with Crippen molar-refractivity contribution < 1.29 is 0 Å². The van der Waals surface area contributed by atoms with Gasteiger partial charge in [0.2, 0.25) is 5.13 Å². The van der Waals surface area contributed by atoms with E-state index in [9.17, 15) is 0 Å². The number of anilines is 1. The molecule has 0 unspecified atom stereocenters. The van der Waals surface area contributed by atoms with Gasteiger partial charge in [-0.1, -0.05) is 18.3 Å². The number of hydrogen-bond donors (Lipinski definition) is 1. The van der Waals surface area contributed by atoms with Crippen molar-refractivity contribution in [1.82, 2.24) is 15.2 Å². The van der Waals surface area contributed by atoms with Gasteiger partial charge in [0, 0.05) is 13.2 Å². The highest BCUT2D eigenvalue weighted by molar-refractivity contribution is 7.23. The molecule has 0 saturated carbocycles. The zero-order chi connectivity index (χ0) is 10.7. The molecule has 0 atom stereocenters.